The van der Waals surface area contributed by atoms with Crippen LogP contribution in [0.5, 0.6) is 0 Å². The Morgan fingerprint density at radius 3 is 1.93 bits per heavy atom. The second-order valence-electron chi connectivity index (χ2n) is 2.91. The number of aliphatic hydroxyl groups is 2. The van der Waals surface area contributed by atoms with Crippen LogP contribution in [-0.2, 0) is 0 Å². The second kappa shape index (κ2) is 6.06. The van der Waals surface area contributed by atoms with E-state index in [0.717, 1.165) is 16.9 Å². The van der Waals surface area contributed by atoms with Gasteiger partial charge >= 0.3 is 0 Å². The Balaban J connectivity index is 3.00. The van der Waals surface area contributed by atoms with E-state index in [4.69, 9.17) is 10.2 Å². The monoisotopic (exact) mass is 206 g/mol. The minimum absolute atomic E-state index is 0.0798. The van der Waals surface area contributed by atoms with E-state index in [1.807, 2.05) is 25.1 Å². The fourth-order valence-corrected chi connectivity index (χ4v) is 1.17. The van der Waals surface area contributed by atoms with Gasteiger partial charge in [0.05, 0.1) is 24.6 Å². The van der Waals surface area contributed by atoms with E-state index in [1.54, 1.807) is 0 Å². The molecule has 4 heteroatoms. The van der Waals surface area contributed by atoms with Crippen molar-refractivity contribution in [3.63, 3.8) is 0 Å². The van der Waals surface area contributed by atoms with E-state index < -0.39 is 0 Å². The van der Waals surface area contributed by atoms with Gasteiger partial charge in [0.2, 0.25) is 0 Å². The first-order chi connectivity index (χ1) is 7.29. The quantitative estimate of drug-likeness (QED) is 0.731. The SMILES string of the molecule is Cc1c(N=CCO)cccc1N=CCO. The van der Waals surface area contributed by atoms with E-state index in [2.05, 4.69) is 9.98 Å². The molecule has 1 aromatic carbocycles. The van der Waals surface area contributed by atoms with Crippen molar-refractivity contribution >= 4 is 23.8 Å². The summed E-state index contributed by atoms with van der Waals surface area (Å²) >= 11 is 0. The first-order valence-corrected chi connectivity index (χ1v) is 4.66. The number of benzene rings is 1. The maximum absolute atomic E-state index is 8.62. The lowest BCUT2D eigenvalue weighted by molar-refractivity contribution is 0.361. The highest BCUT2D eigenvalue weighted by atomic mass is 16.3. The van der Waals surface area contributed by atoms with Crippen molar-refractivity contribution in [1.82, 2.24) is 0 Å². The van der Waals surface area contributed by atoms with Crippen LogP contribution >= 0.6 is 0 Å². The summed E-state index contributed by atoms with van der Waals surface area (Å²) in [5.74, 6) is 0. The lowest BCUT2D eigenvalue weighted by atomic mass is 10.1. The van der Waals surface area contributed by atoms with Crippen LogP contribution in [0, 0.1) is 6.92 Å². The molecule has 0 fully saturated rings. The van der Waals surface area contributed by atoms with Crippen LogP contribution in [0.2, 0.25) is 0 Å². The van der Waals surface area contributed by atoms with Crippen LogP contribution in [0.4, 0.5) is 11.4 Å². The van der Waals surface area contributed by atoms with Gasteiger partial charge in [0.1, 0.15) is 0 Å². The van der Waals surface area contributed by atoms with Crippen molar-refractivity contribution in [2.75, 3.05) is 13.2 Å². The highest BCUT2D eigenvalue weighted by Crippen LogP contribution is 2.27. The van der Waals surface area contributed by atoms with Gasteiger partial charge in [0.25, 0.3) is 0 Å². The van der Waals surface area contributed by atoms with Gasteiger partial charge in [-0.05, 0) is 19.1 Å². The molecule has 0 saturated heterocycles. The highest BCUT2D eigenvalue weighted by Gasteiger charge is 1.99. The smallest absolute Gasteiger partial charge is 0.0784 e. The molecule has 0 spiro atoms. The summed E-state index contributed by atoms with van der Waals surface area (Å²) in [6.07, 6.45) is 2.86. The van der Waals surface area contributed by atoms with E-state index in [0.29, 0.717) is 0 Å². The summed E-state index contributed by atoms with van der Waals surface area (Å²) in [6.45, 7) is 1.74. The molecule has 0 atom stereocenters. The normalized spacial score (nSPS) is 11.7. The Kier molecular flexibility index (Phi) is 4.66. The molecule has 0 heterocycles. The Bertz CT molecular complexity index is 341. The van der Waals surface area contributed by atoms with Crippen LogP contribution in [0.3, 0.4) is 0 Å². The van der Waals surface area contributed by atoms with Gasteiger partial charge in [-0.1, -0.05) is 6.07 Å². The third kappa shape index (κ3) is 3.27. The molecule has 4 nitrogen and oxygen atoms in total. The molecule has 1 aromatic rings. The summed E-state index contributed by atoms with van der Waals surface area (Å²) in [6, 6.07) is 5.53. The molecule has 80 valence electrons. The van der Waals surface area contributed by atoms with Gasteiger partial charge < -0.3 is 10.2 Å². The van der Waals surface area contributed by atoms with Gasteiger partial charge in [-0.25, -0.2) is 0 Å². The molecule has 0 saturated carbocycles. The van der Waals surface area contributed by atoms with Gasteiger partial charge in [-0.2, -0.15) is 0 Å². The van der Waals surface area contributed by atoms with Crippen molar-refractivity contribution in [1.29, 1.82) is 0 Å². The molecule has 2 N–H and O–H groups in total. The molecular weight excluding hydrogens is 192 g/mol. The summed E-state index contributed by atoms with van der Waals surface area (Å²) in [7, 11) is 0. The largest absolute Gasteiger partial charge is 0.391 e. The minimum atomic E-state index is -0.0798. The maximum Gasteiger partial charge on any atom is 0.0784 e. The summed E-state index contributed by atoms with van der Waals surface area (Å²) in [5.41, 5.74) is 2.47. The molecule has 15 heavy (non-hydrogen) atoms. The molecule has 0 amide bonds. The van der Waals surface area contributed by atoms with Crippen LogP contribution in [0.25, 0.3) is 0 Å². The van der Waals surface area contributed by atoms with E-state index in [1.165, 1.54) is 12.4 Å². The standard InChI is InChI=1S/C11H14N2O2/c1-9-10(12-5-7-14)3-2-4-11(9)13-6-8-15/h2-6,14-15H,7-8H2,1H3. The Morgan fingerprint density at radius 2 is 1.53 bits per heavy atom. The van der Waals surface area contributed by atoms with Gasteiger partial charge in [0, 0.05) is 18.0 Å². The van der Waals surface area contributed by atoms with Gasteiger partial charge in [-0.15, -0.1) is 0 Å². The second-order valence-corrected chi connectivity index (χ2v) is 2.91. The molecule has 0 unspecified atom stereocenters. The van der Waals surface area contributed by atoms with E-state index >= 15 is 0 Å². The van der Waals surface area contributed by atoms with Crippen LogP contribution in [0.1, 0.15) is 5.56 Å². The topological polar surface area (TPSA) is 65.2 Å². The molecule has 0 aliphatic heterocycles. The number of aliphatic hydroxyl groups excluding tert-OH is 2. The van der Waals surface area contributed by atoms with Crippen molar-refractivity contribution in [2.45, 2.75) is 6.92 Å². The number of hydrogen-bond donors (Lipinski definition) is 2. The molecule has 0 aliphatic rings. The third-order valence-corrected chi connectivity index (χ3v) is 1.90. The average Bonchev–Trinajstić information content (AvgIpc) is 2.26. The lowest BCUT2D eigenvalue weighted by Crippen LogP contribution is -1.84. The minimum Gasteiger partial charge on any atom is -0.391 e. The Labute approximate surface area is 88.6 Å². The van der Waals surface area contributed by atoms with E-state index in [-0.39, 0.29) is 13.2 Å². The summed E-state index contributed by atoms with van der Waals surface area (Å²) in [5, 5.41) is 17.2. The fourth-order valence-electron chi connectivity index (χ4n) is 1.17. The zero-order valence-corrected chi connectivity index (χ0v) is 8.59. The molecular formula is C11H14N2O2. The number of nitrogens with zero attached hydrogens (tertiary/aromatic N) is 2. The van der Waals surface area contributed by atoms with Gasteiger partial charge in [0.15, 0.2) is 0 Å². The number of hydrogen-bond acceptors (Lipinski definition) is 4. The summed E-state index contributed by atoms with van der Waals surface area (Å²) in [4.78, 5) is 8.16. The lowest BCUT2D eigenvalue weighted by Gasteiger charge is -2.02. The third-order valence-electron chi connectivity index (χ3n) is 1.90. The fraction of sp³-hybridized carbons (Fsp3) is 0.273. The van der Waals surface area contributed by atoms with Crippen LogP contribution < -0.4 is 0 Å². The average molecular weight is 206 g/mol. The van der Waals surface area contributed by atoms with Crippen molar-refractivity contribution in [3.05, 3.63) is 23.8 Å². The van der Waals surface area contributed by atoms with Crippen molar-refractivity contribution in [2.24, 2.45) is 9.98 Å². The highest BCUT2D eigenvalue weighted by molar-refractivity contribution is 5.71. The predicted octanol–water partition coefficient (Wildman–Crippen LogP) is 1.38. The molecule has 0 radical (unpaired) electrons. The number of rotatable bonds is 4. The van der Waals surface area contributed by atoms with Gasteiger partial charge in [-0.3, -0.25) is 9.98 Å². The molecule has 0 aromatic heterocycles. The maximum atomic E-state index is 8.62. The zero-order chi connectivity index (χ0) is 11.1. The van der Waals surface area contributed by atoms with Crippen molar-refractivity contribution < 1.29 is 10.2 Å². The zero-order valence-electron chi connectivity index (χ0n) is 8.59. The van der Waals surface area contributed by atoms with Crippen LogP contribution in [0.15, 0.2) is 28.2 Å². The van der Waals surface area contributed by atoms with Crippen LogP contribution in [-0.4, -0.2) is 35.9 Å². The predicted molar refractivity (Wildman–Crippen MR) is 61.7 cm³/mol. The molecule has 0 aliphatic carbocycles. The van der Waals surface area contributed by atoms with E-state index in [9.17, 15) is 0 Å². The number of aliphatic imine (C=N–C) groups is 2. The Hall–Kier alpha value is -1.52. The molecule has 0 bridgehead atoms. The van der Waals surface area contributed by atoms with Crippen molar-refractivity contribution in [3.8, 4) is 0 Å². The Morgan fingerprint density at radius 1 is 1.07 bits per heavy atom. The first kappa shape index (κ1) is 11.6. The molecule has 1 rings (SSSR count). The summed E-state index contributed by atoms with van der Waals surface area (Å²) < 4.78 is 0. The first-order valence-electron chi connectivity index (χ1n) is 4.66.